The molecule has 0 saturated carbocycles. The van der Waals surface area contributed by atoms with E-state index in [9.17, 15) is 33.9 Å². The molecule has 0 aliphatic carbocycles. The maximum Gasteiger partial charge on any atom is 0.306 e. The first kappa shape index (κ1) is 33.7. The Labute approximate surface area is 245 Å². The summed E-state index contributed by atoms with van der Waals surface area (Å²) in [4.78, 5) is 74.2. The molecule has 11 heteroatoms. The first-order valence-electron chi connectivity index (χ1n) is 13.8. The number of carboxylic acids is 1. The van der Waals surface area contributed by atoms with Crippen molar-refractivity contribution in [2.24, 2.45) is 5.92 Å². The van der Waals surface area contributed by atoms with Crippen molar-refractivity contribution in [3.8, 4) is 0 Å². The number of amides is 3. The molecular weight excluding hydrogens is 542 g/mol. The van der Waals surface area contributed by atoms with Gasteiger partial charge < -0.3 is 25.8 Å². The summed E-state index contributed by atoms with van der Waals surface area (Å²) < 4.78 is 4.99. The molecule has 0 aliphatic heterocycles. The Kier molecular flexibility index (Phi) is 13.9. The second-order valence-corrected chi connectivity index (χ2v) is 10.3. The number of rotatable bonds is 17. The Morgan fingerprint density at radius 2 is 1.29 bits per heavy atom. The number of Topliss-reactive ketones (excluding diaryl/α,β-unsaturated/α-hetero) is 1. The van der Waals surface area contributed by atoms with Crippen LogP contribution in [0.25, 0.3) is 0 Å². The van der Waals surface area contributed by atoms with Crippen LogP contribution in [-0.2, 0) is 46.3 Å². The van der Waals surface area contributed by atoms with Crippen LogP contribution in [0, 0.1) is 5.92 Å². The summed E-state index contributed by atoms with van der Waals surface area (Å²) in [5.41, 5.74) is 1.90. The van der Waals surface area contributed by atoms with E-state index in [4.69, 9.17) is 4.74 Å². The van der Waals surface area contributed by atoms with Crippen molar-refractivity contribution in [2.45, 2.75) is 71.0 Å². The predicted octanol–water partition coefficient (Wildman–Crippen LogP) is 1.97. The van der Waals surface area contributed by atoms with Crippen molar-refractivity contribution in [2.75, 3.05) is 6.61 Å². The van der Waals surface area contributed by atoms with Crippen LogP contribution in [0.5, 0.6) is 0 Å². The van der Waals surface area contributed by atoms with E-state index >= 15 is 0 Å². The maximum absolute atomic E-state index is 12.9. The van der Waals surface area contributed by atoms with E-state index in [1.807, 2.05) is 60.7 Å². The number of hydrogen-bond acceptors (Lipinski definition) is 7. The highest BCUT2D eigenvalue weighted by atomic mass is 16.5. The first-order valence-corrected chi connectivity index (χ1v) is 13.8. The number of carbonyl (C=O) groups is 6. The normalized spacial score (nSPS) is 12.9. The molecule has 11 nitrogen and oxygen atoms in total. The SMILES string of the molecule is CC(C)[C@H](NC(=O)CCc1ccccc1)C(=O)N[C@@H](C)C(=O)NC(CC(=O)O)C(=O)COC(=O)CCc1ccccc1. The molecule has 2 rings (SSSR count). The molecule has 0 aromatic heterocycles. The van der Waals surface area contributed by atoms with Crippen molar-refractivity contribution in [3.05, 3.63) is 71.8 Å². The molecule has 3 amide bonds. The Balaban J connectivity index is 1.88. The molecule has 3 atom stereocenters. The van der Waals surface area contributed by atoms with Crippen LogP contribution in [0.2, 0.25) is 0 Å². The van der Waals surface area contributed by atoms with Gasteiger partial charge in [0.05, 0.1) is 6.42 Å². The Morgan fingerprint density at radius 1 is 0.738 bits per heavy atom. The summed E-state index contributed by atoms with van der Waals surface area (Å²) >= 11 is 0. The second kappa shape index (κ2) is 17.3. The van der Waals surface area contributed by atoms with E-state index < -0.39 is 60.7 Å². The summed E-state index contributed by atoms with van der Waals surface area (Å²) in [7, 11) is 0. The van der Waals surface area contributed by atoms with Gasteiger partial charge in [-0.3, -0.25) is 28.8 Å². The summed E-state index contributed by atoms with van der Waals surface area (Å²) in [5, 5.41) is 16.8. The maximum atomic E-state index is 12.9. The number of benzene rings is 2. The van der Waals surface area contributed by atoms with Gasteiger partial charge >= 0.3 is 11.9 Å². The van der Waals surface area contributed by atoms with Gasteiger partial charge in [0.25, 0.3) is 0 Å². The zero-order chi connectivity index (χ0) is 31.1. The van der Waals surface area contributed by atoms with Crippen molar-refractivity contribution < 1.29 is 38.6 Å². The molecule has 2 aromatic rings. The van der Waals surface area contributed by atoms with Gasteiger partial charge in [-0.1, -0.05) is 74.5 Å². The van der Waals surface area contributed by atoms with Crippen molar-refractivity contribution >= 4 is 35.4 Å². The smallest absolute Gasteiger partial charge is 0.306 e. The second-order valence-electron chi connectivity index (χ2n) is 10.3. The molecule has 1 unspecified atom stereocenters. The van der Waals surface area contributed by atoms with Crippen LogP contribution in [0.3, 0.4) is 0 Å². The number of ether oxygens (including phenoxy) is 1. The molecule has 0 radical (unpaired) electrons. The number of nitrogens with one attached hydrogen (secondary N) is 3. The van der Waals surface area contributed by atoms with E-state index in [0.717, 1.165) is 11.1 Å². The minimum Gasteiger partial charge on any atom is -0.481 e. The predicted molar refractivity (Wildman–Crippen MR) is 154 cm³/mol. The molecule has 0 bridgehead atoms. The van der Waals surface area contributed by atoms with Crippen LogP contribution in [-0.4, -0.2) is 65.3 Å². The van der Waals surface area contributed by atoms with E-state index in [-0.39, 0.29) is 24.7 Å². The van der Waals surface area contributed by atoms with Crippen molar-refractivity contribution in [1.82, 2.24) is 16.0 Å². The molecule has 226 valence electrons. The van der Waals surface area contributed by atoms with Crippen LogP contribution in [0.4, 0.5) is 0 Å². The van der Waals surface area contributed by atoms with Crippen LogP contribution < -0.4 is 16.0 Å². The molecular formula is C31H39N3O8. The van der Waals surface area contributed by atoms with Gasteiger partial charge in [0, 0.05) is 12.8 Å². The van der Waals surface area contributed by atoms with E-state index in [1.54, 1.807) is 13.8 Å². The average Bonchev–Trinajstić information content (AvgIpc) is 2.96. The number of aliphatic carboxylic acids is 1. The average molecular weight is 582 g/mol. The number of aryl methyl sites for hydroxylation is 2. The fourth-order valence-corrected chi connectivity index (χ4v) is 3.98. The van der Waals surface area contributed by atoms with Gasteiger partial charge in [0.2, 0.25) is 17.7 Å². The Morgan fingerprint density at radius 3 is 1.81 bits per heavy atom. The van der Waals surface area contributed by atoms with Gasteiger partial charge in [-0.15, -0.1) is 0 Å². The first-order chi connectivity index (χ1) is 20.0. The fourth-order valence-electron chi connectivity index (χ4n) is 3.98. The molecule has 0 saturated heterocycles. The van der Waals surface area contributed by atoms with Gasteiger partial charge in [-0.05, 0) is 36.8 Å². The summed E-state index contributed by atoms with van der Waals surface area (Å²) in [6.45, 7) is 4.15. The van der Waals surface area contributed by atoms with Crippen molar-refractivity contribution in [1.29, 1.82) is 0 Å². The summed E-state index contributed by atoms with van der Waals surface area (Å²) in [6.07, 6.45) is 0.367. The largest absolute Gasteiger partial charge is 0.481 e. The molecule has 42 heavy (non-hydrogen) atoms. The number of ketones is 1. The van der Waals surface area contributed by atoms with E-state index in [0.29, 0.717) is 12.8 Å². The quantitative estimate of drug-likeness (QED) is 0.206. The molecule has 0 fully saturated rings. The van der Waals surface area contributed by atoms with Gasteiger partial charge in [0.15, 0.2) is 12.4 Å². The van der Waals surface area contributed by atoms with E-state index in [1.165, 1.54) is 6.92 Å². The molecule has 0 heterocycles. The van der Waals surface area contributed by atoms with Crippen LogP contribution in [0.15, 0.2) is 60.7 Å². The van der Waals surface area contributed by atoms with E-state index in [2.05, 4.69) is 16.0 Å². The van der Waals surface area contributed by atoms with Crippen LogP contribution >= 0.6 is 0 Å². The molecule has 4 N–H and O–H groups in total. The lowest BCUT2D eigenvalue weighted by Crippen LogP contribution is -2.56. The number of carboxylic acid groups (broad SMARTS) is 1. The lowest BCUT2D eigenvalue weighted by Gasteiger charge is -2.25. The van der Waals surface area contributed by atoms with Gasteiger partial charge in [0.1, 0.15) is 18.1 Å². The third kappa shape index (κ3) is 12.3. The number of hydrogen-bond donors (Lipinski definition) is 4. The van der Waals surface area contributed by atoms with Gasteiger partial charge in [-0.25, -0.2) is 0 Å². The monoisotopic (exact) mass is 581 g/mol. The number of carbonyl (C=O) groups excluding carboxylic acids is 5. The van der Waals surface area contributed by atoms with Crippen LogP contribution in [0.1, 0.15) is 51.2 Å². The molecule has 0 spiro atoms. The third-order valence-corrected chi connectivity index (χ3v) is 6.42. The zero-order valence-electron chi connectivity index (χ0n) is 24.1. The Hall–Kier alpha value is -4.54. The number of esters is 1. The Bertz CT molecular complexity index is 1220. The summed E-state index contributed by atoms with van der Waals surface area (Å²) in [6, 6.07) is 15.1. The zero-order valence-corrected chi connectivity index (χ0v) is 24.1. The molecule has 2 aromatic carbocycles. The third-order valence-electron chi connectivity index (χ3n) is 6.42. The topological polar surface area (TPSA) is 168 Å². The highest BCUT2D eigenvalue weighted by Crippen LogP contribution is 2.07. The fraction of sp³-hybridized carbons (Fsp3) is 0.419. The summed E-state index contributed by atoms with van der Waals surface area (Å²) in [5.74, 6) is -4.82. The van der Waals surface area contributed by atoms with Crippen molar-refractivity contribution in [3.63, 3.8) is 0 Å². The standard InChI is InChI=1S/C31H39N3O8/c1-20(2)29(34-26(36)16-14-22-10-6-4-7-11-22)31(41)32-21(3)30(40)33-24(18-27(37)38)25(35)19-42-28(39)17-15-23-12-8-5-9-13-23/h4-13,20-21,24,29H,14-19H2,1-3H3,(H,32,41)(H,33,40)(H,34,36)(H,37,38)/t21-,24?,29-/m0/s1. The minimum atomic E-state index is -1.48. The highest BCUT2D eigenvalue weighted by Gasteiger charge is 2.30. The minimum absolute atomic E-state index is 0.0239. The lowest BCUT2D eigenvalue weighted by atomic mass is 10.0. The lowest BCUT2D eigenvalue weighted by molar-refractivity contribution is -0.149. The highest BCUT2D eigenvalue weighted by molar-refractivity contribution is 5.96. The van der Waals surface area contributed by atoms with Gasteiger partial charge in [-0.2, -0.15) is 0 Å². The molecule has 0 aliphatic rings.